The van der Waals surface area contributed by atoms with Gasteiger partial charge in [-0.2, -0.15) is 0 Å². The van der Waals surface area contributed by atoms with Crippen LogP contribution < -0.4 is 64.6 Å². The second-order valence-corrected chi connectivity index (χ2v) is 18.7. The van der Waals surface area contributed by atoms with Gasteiger partial charge in [0, 0.05) is 25.7 Å². The number of carbonyl (C=O) groups is 16. The van der Waals surface area contributed by atoms with E-state index in [-0.39, 0.29) is 77.3 Å². The lowest BCUT2D eigenvalue weighted by Gasteiger charge is -2.27. The quantitative estimate of drug-likeness (QED) is 0.0254. The molecule has 80 heavy (non-hydrogen) atoms. The molecule has 446 valence electrons. The Morgan fingerprint density at radius 1 is 0.388 bits per heavy atom. The van der Waals surface area contributed by atoms with Crippen molar-refractivity contribution in [1.29, 1.82) is 0 Å². The summed E-state index contributed by atoms with van der Waals surface area (Å²) in [6.07, 6.45) is -6.83. The topological polar surface area (TPSA) is 567 Å². The first-order valence-electron chi connectivity index (χ1n) is 25.4. The van der Waals surface area contributed by atoms with Gasteiger partial charge in [-0.25, -0.2) is 9.59 Å². The van der Waals surface area contributed by atoms with Crippen LogP contribution in [-0.2, 0) is 76.7 Å². The molecule has 0 aromatic carbocycles. The van der Waals surface area contributed by atoms with Crippen LogP contribution in [0.15, 0.2) is 0 Å². The Morgan fingerprint density at radius 3 is 0.925 bits per heavy atom. The SMILES string of the molecule is NCCC[C@H](NC(=O)[C@H](CCCC[C@H](NC(=O)[C@H](CC(=O)O)NC(=O)[C@H](CCC(=O)O)NC(=O)[C@@H]1CCC(=O)N1)C(=O)N[C@@H](CCCN)C(=O)O)NC(=O)[C@H](CC(=O)O)NC(=O)[C@H](CCC(=O)O)NC(=O)[C@@H]1CCC(=O)N1)C(=O)O. The van der Waals surface area contributed by atoms with Gasteiger partial charge in [-0.15, -0.1) is 0 Å². The molecule has 0 spiro atoms. The average molecular weight is 1140 g/mol. The molecule has 0 unspecified atom stereocenters. The van der Waals surface area contributed by atoms with Gasteiger partial charge in [0.15, 0.2) is 0 Å². The molecular formula is C46H70N12O22. The fraction of sp³-hybridized carbons (Fsp3) is 0.652. The van der Waals surface area contributed by atoms with E-state index in [1.54, 1.807) is 0 Å². The molecule has 10 amide bonds. The number of rotatable bonds is 39. The third-order valence-electron chi connectivity index (χ3n) is 12.3. The molecular weight excluding hydrogens is 1070 g/mol. The van der Waals surface area contributed by atoms with Crippen molar-refractivity contribution in [2.45, 2.75) is 176 Å². The van der Waals surface area contributed by atoms with Crippen LogP contribution in [0.3, 0.4) is 0 Å². The Labute approximate surface area is 455 Å². The maximum atomic E-state index is 13.9. The molecule has 2 saturated heterocycles. The summed E-state index contributed by atoms with van der Waals surface area (Å²) in [6.45, 7) is -0.0230. The van der Waals surface area contributed by atoms with E-state index < -0.39 is 207 Å². The minimum atomic E-state index is -2.07. The fourth-order valence-corrected chi connectivity index (χ4v) is 8.03. The molecule has 0 bridgehead atoms. The maximum Gasteiger partial charge on any atom is 0.326 e. The Morgan fingerprint density at radius 2 is 0.662 bits per heavy atom. The standard InChI is InChI=1S/C46H70N12O22/c47-17-3-7-27(45(77)78)55-37(69)21(51-43(75)29(19-35(65)66)57-41(73)25(11-15-33(61)62)53-39(71)23-9-13-31(59)49-23)5-1-2-6-22(38(70)56-28(46(79)80)8-4-18-48)52-44(76)30(20-36(67)68)58-42(74)26(12-16-34(63)64)54-40(72)24-10-14-32(60)50-24/h21-30H,1-20,47-48H2,(H,49,59)(H,50,60)(H,51,75)(H,52,76)(H,53,71)(H,54,72)(H,55,69)(H,56,70)(H,57,73)(H,58,74)(H,61,62)(H,63,64)(H,65,66)(H,67,68)(H,77,78)(H,79,80)/t21-,22-,23-,24-,25-,26-,27-,28-,29-,30-/m0/s1. The van der Waals surface area contributed by atoms with Crippen LogP contribution in [0.5, 0.6) is 0 Å². The molecule has 2 rings (SSSR count). The van der Waals surface area contributed by atoms with Crippen LogP contribution in [0.2, 0.25) is 0 Å². The first-order valence-corrected chi connectivity index (χ1v) is 25.4. The number of nitrogens with one attached hydrogen (secondary N) is 10. The second kappa shape index (κ2) is 34.3. The third-order valence-corrected chi connectivity index (χ3v) is 12.3. The summed E-state index contributed by atoms with van der Waals surface area (Å²) in [4.78, 5) is 203. The lowest BCUT2D eigenvalue weighted by molar-refractivity contribution is -0.143. The van der Waals surface area contributed by atoms with Crippen molar-refractivity contribution >= 4 is 94.9 Å². The van der Waals surface area contributed by atoms with Crippen molar-refractivity contribution in [2.75, 3.05) is 13.1 Å². The molecule has 2 heterocycles. The molecule has 0 saturated carbocycles. The molecule has 20 N–H and O–H groups in total. The van der Waals surface area contributed by atoms with E-state index in [0.29, 0.717) is 0 Å². The summed E-state index contributed by atoms with van der Waals surface area (Å²) in [5.41, 5.74) is 11.0. The van der Waals surface area contributed by atoms with E-state index in [1.165, 1.54) is 0 Å². The highest BCUT2D eigenvalue weighted by Crippen LogP contribution is 2.14. The zero-order valence-corrected chi connectivity index (χ0v) is 43.3. The first kappa shape index (κ1) is 67.5. The van der Waals surface area contributed by atoms with E-state index >= 15 is 0 Å². The zero-order valence-electron chi connectivity index (χ0n) is 43.3. The number of aliphatic carboxylic acids is 6. The summed E-state index contributed by atoms with van der Waals surface area (Å²) in [5, 5.41) is 80.1. The van der Waals surface area contributed by atoms with Crippen molar-refractivity contribution in [2.24, 2.45) is 11.5 Å². The molecule has 2 fully saturated rings. The smallest absolute Gasteiger partial charge is 0.326 e. The zero-order chi connectivity index (χ0) is 60.2. The van der Waals surface area contributed by atoms with Gasteiger partial charge in [-0.1, -0.05) is 12.8 Å². The lowest BCUT2D eigenvalue weighted by Crippen LogP contribution is -2.59. The maximum absolute atomic E-state index is 13.9. The number of hydrogen-bond acceptors (Lipinski definition) is 18. The summed E-state index contributed by atoms with van der Waals surface area (Å²) >= 11 is 0. The lowest BCUT2D eigenvalue weighted by atomic mass is 10.0. The number of carboxylic acid groups (broad SMARTS) is 6. The minimum absolute atomic E-state index is 0.0115. The van der Waals surface area contributed by atoms with E-state index in [9.17, 15) is 107 Å². The van der Waals surface area contributed by atoms with Crippen LogP contribution in [-0.4, -0.2) is 199 Å². The molecule has 0 aliphatic carbocycles. The average Bonchev–Trinajstić information content (AvgIpc) is 4.03. The number of nitrogens with two attached hydrogens (primary N) is 2. The van der Waals surface area contributed by atoms with Gasteiger partial charge in [0.25, 0.3) is 0 Å². The summed E-state index contributed by atoms with van der Waals surface area (Å²) in [7, 11) is 0. The molecule has 0 aromatic heterocycles. The third kappa shape index (κ3) is 24.8. The van der Waals surface area contributed by atoms with Crippen LogP contribution in [0.25, 0.3) is 0 Å². The van der Waals surface area contributed by atoms with Crippen molar-refractivity contribution in [3.63, 3.8) is 0 Å². The Balaban J connectivity index is 2.50. The Kier molecular flexibility index (Phi) is 29.0. The number of unbranched alkanes of at least 4 members (excludes halogenated alkanes) is 1. The van der Waals surface area contributed by atoms with Gasteiger partial charge in [-0.3, -0.25) is 67.1 Å². The van der Waals surface area contributed by atoms with Gasteiger partial charge in [0.05, 0.1) is 12.8 Å². The molecule has 34 heteroatoms. The molecule has 0 aromatic rings. The predicted molar refractivity (Wildman–Crippen MR) is 266 cm³/mol. The van der Waals surface area contributed by atoms with Gasteiger partial charge < -0.3 is 95.3 Å². The van der Waals surface area contributed by atoms with Gasteiger partial charge >= 0.3 is 35.8 Å². The Hall–Kier alpha value is -8.56. The van der Waals surface area contributed by atoms with Crippen molar-refractivity contribution < 1.29 is 107 Å². The summed E-state index contributed by atoms with van der Waals surface area (Å²) < 4.78 is 0. The second-order valence-electron chi connectivity index (χ2n) is 18.7. The Bertz CT molecular complexity index is 2160. The molecule has 10 atom stereocenters. The molecule has 2 aliphatic heterocycles. The van der Waals surface area contributed by atoms with E-state index in [1.807, 2.05) is 0 Å². The van der Waals surface area contributed by atoms with E-state index in [2.05, 4.69) is 53.2 Å². The fourth-order valence-electron chi connectivity index (χ4n) is 8.03. The van der Waals surface area contributed by atoms with Crippen LogP contribution >= 0.6 is 0 Å². The van der Waals surface area contributed by atoms with E-state index in [0.717, 1.165) is 0 Å². The van der Waals surface area contributed by atoms with Crippen molar-refractivity contribution in [3.05, 3.63) is 0 Å². The molecule has 2 aliphatic rings. The van der Waals surface area contributed by atoms with Crippen LogP contribution in [0.4, 0.5) is 0 Å². The van der Waals surface area contributed by atoms with Gasteiger partial charge in [-0.05, 0) is 77.3 Å². The van der Waals surface area contributed by atoms with Crippen molar-refractivity contribution in [3.8, 4) is 0 Å². The normalized spacial score (nSPS) is 17.6. The number of amides is 10. The van der Waals surface area contributed by atoms with Crippen molar-refractivity contribution in [1.82, 2.24) is 53.2 Å². The van der Waals surface area contributed by atoms with Crippen LogP contribution in [0.1, 0.15) is 116 Å². The van der Waals surface area contributed by atoms with Crippen LogP contribution in [0, 0.1) is 0 Å². The number of carbonyl (C=O) groups excluding carboxylic acids is 10. The first-order chi connectivity index (χ1) is 37.6. The number of carboxylic acids is 6. The van der Waals surface area contributed by atoms with Gasteiger partial charge in [0.2, 0.25) is 59.1 Å². The van der Waals surface area contributed by atoms with E-state index in [4.69, 9.17) is 11.5 Å². The largest absolute Gasteiger partial charge is 0.481 e. The highest BCUT2D eigenvalue weighted by atomic mass is 16.4. The number of hydrogen-bond donors (Lipinski definition) is 18. The molecule has 0 radical (unpaired) electrons. The molecule has 34 nitrogen and oxygen atoms in total. The van der Waals surface area contributed by atoms with Gasteiger partial charge in [0.1, 0.15) is 60.4 Å². The summed E-state index contributed by atoms with van der Waals surface area (Å²) in [6, 6.07) is -16.6. The highest BCUT2D eigenvalue weighted by Gasteiger charge is 2.37. The predicted octanol–water partition coefficient (Wildman–Crippen LogP) is -6.69. The monoisotopic (exact) mass is 1140 g/mol. The highest BCUT2D eigenvalue weighted by molar-refractivity contribution is 5.99. The minimum Gasteiger partial charge on any atom is -0.481 e. The summed E-state index contributed by atoms with van der Waals surface area (Å²) in [5.74, 6) is -19.7.